The van der Waals surface area contributed by atoms with Crippen molar-refractivity contribution in [3.8, 4) is 0 Å². The SMILES string of the molecule is CN1C(=O)c2ccc(C(=O)N3CCCNCC3)cc2C1=O. The number of carbonyl (C=O) groups is 3. The fourth-order valence-electron chi connectivity index (χ4n) is 2.73. The number of imide groups is 1. The molecule has 1 N–H and O–H groups in total. The molecule has 6 heteroatoms. The Kier molecular flexibility index (Phi) is 3.47. The number of benzene rings is 1. The molecule has 1 saturated heterocycles. The third-order valence-corrected chi connectivity index (χ3v) is 3.96. The third-order valence-electron chi connectivity index (χ3n) is 3.96. The molecule has 2 aliphatic rings. The first-order chi connectivity index (χ1) is 10.1. The standard InChI is InChI=1S/C15H17N3O3/c1-17-14(20)11-4-3-10(9-12(11)15(17)21)13(19)18-7-2-5-16-6-8-18/h3-4,9,16H,2,5-8H2,1H3. The van der Waals surface area contributed by atoms with Crippen molar-refractivity contribution in [1.82, 2.24) is 15.1 Å². The molecule has 0 atom stereocenters. The molecule has 1 fully saturated rings. The van der Waals surface area contributed by atoms with Crippen molar-refractivity contribution in [2.24, 2.45) is 0 Å². The van der Waals surface area contributed by atoms with Gasteiger partial charge in [-0.3, -0.25) is 19.3 Å². The van der Waals surface area contributed by atoms with Crippen LogP contribution < -0.4 is 5.32 Å². The van der Waals surface area contributed by atoms with Crippen LogP contribution in [-0.2, 0) is 0 Å². The van der Waals surface area contributed by atoms with E-state index < -0.39 is 0 Å². The quantitative estimate of drug-likeness (QED) is 0.757. The summed E-state index contributed by atoms with van der Waals surface area (Å²) in [6.07, 6.45) is 0.914. The predicted octanol–water partition coefficient (Wildman–Crippen LogP) is 0.348. The Bertz CT molecular complexity index is 619. The Hall–Kier alpha value is -2.21. The Balaban J connectivity index is 1.89. The lowest BCUT2D eigenvalue weighted by atomic mass is 10.0. The maximum atomic E-state index is 12.5. The normalized spacial score (nSPS) is 18.7. The molecule has 110 valence electrons. The molecule has 2 aliphatic heterocycles. The van der Waals surface area contributed by atoms with Crippen LogP contribution in [0.1, 0.15) is 37.5 Å². The van der Waals surface area contributed by atoms with Gasteiger partial charge in [-0.2, -0.15) is 0 Å². The van der Waals surface area contributed by atoms with Crippen molar-refractivity contribution in [2.45, 2.75) is 6.42 Å². The van der Waals surface area contributed by atoms with Crippen molar-refractivity contribution < 1.29 is 14.4 Å². The van der Waals surface area contributed by atoms with Gasteiger partial charge in [0.25, 0.3) is 17.7 Å². The minimum atomic E-state index is -0.345. The smallest absolute Gasteiger partial charge is 0.261 e. The molecule has 3 rings (SSSR count). The van der Waals surface area contributed by atoms with Crippen LogP contribution in [-0.4, -0.2) is 60.7 Å². The molecule has 0 spiro atoms. The Morgan fingerprint density at radius 3 is 2.67 bits per heavy atom. The summed E-state index contributed by atoms with van der Waals surface area (Å²) in [6, 6.07) is 4.74. The summed E-state index contributed by atoms with van der Waals surface area (Å²) in [4.78, 5) is 39.2. The Morgan fingerprint density at radius 1 is 1.10 bits per heavy atom. The van der Waals surface area contributed by atoms with E-state index in [4.69, 9.17) is 0 Å². The molecule has 3 amide bonds. The van der Waals surface area contributed by atoms with Gasteiger partial charge in [0, 0.05) is 32.2 Å². The molecule has 0 bridgehead atoms. The molecule has 0 unspecified atom stereocenters. The van der Waals surface area contributed by atoms with Crippen molar-refractivity contribution >= 4 is 17.7 Å². The van der Waals surface area contributed by atoms with Crippen LogP contribution >= 0.6 is 0 Å². The molecule has 0 saturated carbocycles. The highest BCUT2D eigenvalue weighted by Crippen LogP contribution is 2.23. The fourth-order valence-corrected chi connectivity index (χ4v) is 2.73. The number of nitrogens with one attached hydrogen (secondary N) is 1. The molecule has 2 heterocycles. The van der Waals surface area contributed by atoms with Gasteiger partial charge in [-0.1, -0.05) is 0 Å². The second-order valence-electron chi connectivity index (χ2n) is 5.33. The lowest BCUT2D eigenvalue weighted by Gasteiger charge is -2.20. The molecule has 0 radical (unpaired) electrons. The van der Waals surface area contributed by atoms with E-state index in [2.05, 4.69) is 5.32 Å². The third kappa shape index (κ3) is 2.31. The summed E-state index contributed by atoms with van der Waals surface area (Å²) in [7, 11) is 1.45. The van der Waals surface area contributed by atoms with Gasteiger partial charge in [-0.25, -0.2) is 0 Å². The van der Waals surface area contributed by atoms with Gasteiger partial charge < -0.3 is 10.2 Å². The molecule has 0 aromatic heterocycles. The maximum Gasteiger partial charge on any atom is 0.261 e. The van der Waals surface area contributed by atoms with Gasteiger partial charge in [-0.05, 0) is 31.2 Å². The van der Waals surface area contributed by atoms with Gasteiger partial charge in [0.05, 0.1) is 11.1 Å². The lowest BCUT2D eigenvalue weighted by molar-refractivity contribution is 0.0692. The monoisotopic (exact) mass is 287 g/mol. The number of hydrogen-bond donors (Lipinski definition) is 1. The van der Waals surface area contributed by atoms with E-state index >= 15 is 0 Å². The highest BCUT2D eigenvalue weighted by atomic mass is 16.2. The van der Waals surface area contributed by atoms with E-state index in [0.29, 0.717) is 29.8 Å². The average molecular weight is 287 g/mol. The zero-order valence-corrected chi connectivity index (χ0v) is 11.9. The summed E-state index contributed by atoms with van der Waals surface area (Å²) in [5.41, 5.74) is 1.16. The van der Waals surface area contributed by atoms with Gasteiger partial charge in [0.15, 0.2) is 0 Å². The van der Waals surface area contributed by atoms with Crippen molar-refractivity contribution in [1.29, 1.82) is 0 Å². The van der Waals surface area contributed by atoms with E-state index in [1.807, 2.05) is 0 Å². The lowest BCUT2D eigenvalue weighted by Crippen LogP contribution is -2.34. The van der Waals surface area contributed by atoms with Gasteiger partial charge in [-0.15, -0.1) is 0 Å². The van der Waals surface area contributed by atoms with E-state index in [0.717, 1.165) is 24.4 Å². The number of amides is 3. The van der Waals surface area contributed by atoms with Crippen LogP contribution in [0.5, 0.6) is 0 Å². The number of carbonyl (C=O) groups excluding carboxylic acids is 3. The highest BCUT2D eigenvalue weighted by molar-refractivity contribution is 6.21. The number of hydrogen-bond acceptors (Lipinski definition) is 4. The van der Waals surface area contributed by atoms with Crippen LogP contribution in [0.3, 0.4) is 0 Å². The molecule has 21 heavy (non-hydrogen) atoms. The maximum absolute atomic E-state index is 12.5. The second-order valence-corrected chi connectivity index (χ2v) is 5.33. The van der Waals surface area contributed by atoms with Crippen LogP contribution in [0.2, 0.25) is 0 Å². The van der Waals surface area contributed by atoms with E-state index in [9.17, 15) is 14.4 Å². The predicted molar refractivity (Wildman–Crippen MR) is 76.3 cm³/mol. The molecular weight excluding hydrogens is 270 g/mol. The molecule has 1 aromatic carbocycles. The van der Waals surface area contributed by atoms with Crippen molar-refractivity contribution in [3.63, 3.8) is 0 Å². The zero-order chi connectivity index (χ0) is 15.0. The van der Waals surface area contributed by atoms with Crippen molar-refractivity contribution in [3.05, 3.63) is 34.9 Å². The molecule has 6 nitrogen and oxygen atoms in total. The van der Waals surface area contributed by atoms with Gasteiger partial charge in [0.1, 0.15) is 0 Å². The highest BCUT2D eigenvalue weighted by Gasteiger charge is 2.33. The molecule has 0 aliphatic carbocycles. The van der Waals surface area contributed by atoms with Crippen LogP contribution in [0.4, 0.5) is 0 Å². The van der Waals surface area contributed by atoms with Crippen LogP contribution in [0.25, 0.3) is 0 Å². The topological polar surface area (TPSA) is 69.7 Å². The molecular formula is C15H17N3O3. The summed E-state index contributed by atoms with van der Waals surface area (Å²) in [6.45, 7) is 3.04. The van der Waals surface area contributed by atoms with E-state index in [1.54, 1.807) is 23.1 Å². The van der Waals surface area contributed by atoms with Crippen molar-refractivity contribution in [2.75, 3.05) is 33.2 Å². The van der Waals surface area contributed by atoms with E-state index in [1.165, 1.54) is 7.05 Å². The number of nitrogens with zero attached hydrogens (tertiary/aromatic N) is 2. The molecule has 1 aromatic rings. The summed E-state index contributed by atoms with van der Waals surface area (Å²) in [5.74, 6) is -0.744. The van der Waals surface area contributed by atoms with Gasteiger partial charge >= 0.3 is 0 Å². The second kappa shape index (κ2) is 5.29. The summed E-state index contributed by atoms with van der Waals surface area (Å²) in [5, 5.41) is 3.24. The zero-order valence-electron chi connectivity index (χ0n) is 11.9. The average Bonchev–Trinajstić information content (AvgIpc) is 2.74. The number of fused-ring (bicyclic) bond motifs is 1. The largest absolute Gasteiger partial charge is 0.337 e. The van der Waals surface area contributed by atoms with Crippen LogP contribution in [0.15, 0.2) is 18.2 Å². The summed E-state index contributed by atoms with van der Waals surface area (Å²) >= 11 is 0. The number of rotatable bonds is 1. The Labute approximate surface area is 122 Å². The first kappa shape index (κ1) is 13.8. The van der Waals surface area contributed by atoms with E-state index in [-0.39, 0.29) is 17.7 Å². The van der Waals surface area contributed by atoms with Gasteiger partial charge in [0.2, 0.25) is 0 Å². The minimum absolute atomic E-state index is 0.0868. The first-order valence-electron chi connectivity index (χ1n) is 7.06. The summed E-state index contributed by atoms with van der Waals surface area (Å²) < 4.78 is 0. The minimum Gasteiger partial charge on any atom is -0.337 e. The van der Waals surface area contributed by atoms with Crippen LogP contribution in [0, 0.1) is 0 Å². The Morgan fingerprint density at radius 2 is 1.86 bits per heavy atom. The fraction of sp³-hybridized carbons (Fsp3) is 0.400. The first-order valence-corrected chi connectivity index (χ1v) is 7.06.